The molecular weight excluding hydrogens is 254 g/mol. The zero-order valence-corrected chi connectivity index (χ0v) is 13.0. The van der Waals surface area contributed by atoms with Crippen molar-refractivity contribution < 1.29 is 0 Å². The van der Waals surface area contributed by atoms with Crippen molar-refractivity contribution in [3.63, 3.8) is 0 Å². The van der Waals surface area contributed by atoms with E-state index in [9.17, 15) is 0 Å². The summed E-state index contributed by atoms with van der Waals surface area (Å²) >= 11 is 0. The first-order valence-corrected chi connectivity index (χ1v) is 8.20. The maximum Gasteiger partial charge on any atom is 0.0199 e. The van der Waals surface area contributed by atoms with Gasteiger partial charge in [-0.15, -0.1) is 0 Å². The molecule has 0 atom stereocenters. The van der Waals surface area contributed by atoms with Crippen LogP contribution in [0, 0.1) is 0 Å². The molecule has 0 bridgehead atoms. The predicted octanol–water partition coefficient (Wildman–Crippen LogP) is 4.61. The highest BCUT2D eigenvalue weighted by molar-refractivity contribution is 5.66. The Morgan fingerprint density at radius 3 is 2.57 bits per heavy atom. The third-order valence-corrected chi connectivity index (χ3v) is 4.55. The summed E-state index contributed by atoms with van der Waals surface area (Å²) in [4.78, 5) is 2.56. The summed E-state index contributed by atoms with van der Waals surface area (Å²) in [6.07, 6.45) is 13.9. The second-order valence-corrected chi connectivity index (χ2v) is 6.06. The summed E-state index contributed by atoms with van der Waals surface area (Å²) in [6, 6.07) is 9.10. The van der Waals surface area contributed by atoms with Gasteiger partial charge < -0.3 is 0 Å². The molecule has 1 aliphatic heterocycles. The average molecular weight is 279 g/mol. The molecular formula is C20H25N. The maximum atomic E-state index is 2.56. The quantitative estimate of drug-likeness (QED) is 0.777. The van der Waals surface area contributed by atoms with Crippen LogP contribution < -0.4 is 0 Å². The first-order chi connectivity index (χ1) is 10.3. The second kappa shape index (κ2) is 6.91. The zero-order chi connectivity index (χ0) is 14.5. The molecule has 1 aromatic carbocycles. The Bertz CT molecular complexity index is 560. The summed E-state index contributed by atoms with van der Waals surface area (Å²) in [5.74, 6) is 0. The van der Waals surface area contributed by atoms with Crippen LogP contribution in [0.3, 0.4) is 0 Å². The van der Waals surface area contributed by atoms with Crippen molar-refractivity contribution in [3.8, 4) is 0 Å². The van der Waals surface area contributed by atoms with Crippen molar-refractivity contribution in [2.75, 3.05) is 19.6 Å². The molecule has 21 heavy (non-hydrogen) atoms. The third-order valence-electron chi connectivity index (χ3n) is 4.55. The van der Waals surface area contributed by atoms with Crippen molar-refractivity contribution in [2.24, 2.45) is 0 Å². The molecule has 1 heterocycles. The van der Waals surface area contributed by atoms with Crippen molar-refractivity contribution >= 4 is 5.57 Å². The van der Waals surface area contributed by atoms with Crippen molar-refractivity contribution in [1.82, 2.24) is 4.90 Å². The molecule has 0 spiro atoms. The van der Waals surface area contributed by atoms with Crippen molar-refractivity contribution in [1.29, 1.82) is 0 Å². The van der Waals surface area contributed by atoms with Gasteiger partial charge in [0.25, 0.3) is 0 Å². The van der Waals surface area contributed by atoms with E-state index in [1.165, 1.54) is 42.5 Å². The van der Waals surface area contributed by atoms with Crippen LogP contribution in [-0.2, 0) is 6.42 Å². The number of benzene rings is 1. The van der Waals surface area contributed by atoms with E-state index in [4.69, 9.17) is 0 Å². The Labute approximate surface area is 128 Å². The van der Waals surface area contributed by atoms with E-state index in [0.29, 0.717) is 0 Å². The second-order valence-electron chi connectivity index (χ2n) is 6.06. The number of hydrogen-bond donors (Lipinski definition) is 0. The lowest BCUT2D eigenvalue weighted by Gasteiger charge is -2.28. The third kappa shape index (κ3) is 3.74. The lowest BCUT2D eigenvalue weighted by atomic mass is 9.97. The molecule has 0 aromatic heterocycles. The minimum atomic E-state index is 1.09. The molecule has 1 aromatic rings. The summed E-state index contributed by atoms with van der Waals surface area (Å²) in [6.45, 7) is 5.62. The highest BCUT2D eigenvalue weighted by atomic mass is 15.1. The molecule has 0 amide bonds. The molecule has 0 saturated carbocycles. The Morgan fingerprint density at radius 2 is 1.95 bits per heavy atom. The van der Waals surface area contributed by atoms with Crippen LogP contribution in [-0.4, -0.2) is 24.5 Å². The normalized spacial score (nSPS) is 19.3. The number of aryl methyl sites for hydroxylation is 1. The van der Waals surface area contributed by atoms with E-state index >= 15 is 0 Å². The maximum absolute atomic E-state index is 2.56. The van der Waals surface area contributed by atoms with Gasteiger partial charge in [0, 0.05) is 19.6 Å². The fourth-order valence-corrected chi connectivity index (χ4v) is 3.14. The van der Waals surface area contributed by atoms with Gasteiger partial charge in [-0.05, 0) is 42.4 Å². The molecule has 0 unspecified atom stereocenters. The van der Waals surface area contributed by atoms with Crippen molar-refractivity contribution in [2.45, 2.75) is 32.6 Å². The van der Waals surface area contributed by atoms with Gasteiger partial charge >= 0.3 is 0 Å². The van der Waals surface area contributed by atoms with Crippen LogP contribution in [0.5, 0.6) is 0 Å². The summed E-state index contributed by atoms with van der Waals surface area (Å²) in [5.41, 5.74) is 5.94. The number of hydrogen-bond acceptors (Lipinski definition) is 1. The number of allylic oxidation sites excluding steroid dienone is 3. The number of rotatable bonds is 4. The van der Waals surface area contributed by atoms with Gasteiger partial charge in [-0.1, -0.05) is 61.1 Å². The predicted molar refractivity (Wildman–Crippen MR) is 91.3 cm³/mol. The van der Waals surface area contributed by atoms with Crippen LogP contribution >= 0.6 is 0 Å². The van der Waals surface area contributed by atoms with E-state index in [1.807, 2.05) is 0 Å². The first kappa shape index (κ1) is 14.3. The Morgan fingerprint density at radius 1 is 1.10 bits per heavy atom. The topological polar surface area (TPSA) is 3.24 Å². The lowest BCUT2D eigenvalue weighted by Crippen LogP contribution is -2.30. The smallest absolute Gasteiger partial charge is 0.0199 e. The molecule has 110 valence electrons. The number of nitrogens with zero attached hydrogens (tertiary/aromatic N) is 1. The van der Waals surface area contributed by atoms with E-state index < -0.39 is 0 Å². The molecule has 0 radical (unpaired) electrons. The Kier molecular flexibility index (Phi) is 4.72. The Balaban J connectivity index is 1.60. The van der Waals surface area contributed by atoms with Gasteiger partial charge in [0.15, 0.2) is 0 Å². The molecule has 2 aliphatic rings. The van der Waals surface area contributed by atoms with Crippen LogP contribution in [0.25, 0.3) is 5.57 Å². The summed E-state index contributed by atoms with van der Waals surface area (Å²) < 4.78 is 0. The Hall–Kier alpha value is -1.60. The molecule has 0 N–H and O–H groups in total. The monoisotopic (exact) mass is 279 g/mol. The van der Waals surface area contributed by atoms with Crippen LogP contribution in [0.1, 0.15) is 37.3 Å². The molecule has 1 aliphatic carbocycles. The fraction of sp³-hybridized carbons (Fsp3) is 0.400. The largest absolute Gasteiger partial charge is 0.295 e. The van der Waals surface area contributed by atoms with Crippen molar-refractivity contribution in [3.05, 3.63) is 65.3 Å². The molecule has 1 nitrogen and oxygen atoms in total. The fourth-order valence-electron chi connectivity index (χ4n) is 3.14. The van der Waals surface area contributed by atoms with Gasteiger partial charge in [-0.25, -0.2) is 0 Å². The van der Waals surface area contributed by atoms with Gasteiger partial charge in [-0.3, -0.25) is 4.90 Å². The standard InChI is InChI=1S/C20H25N/c1-2-17-8-10-19(11-9-17)20-12-14-21(15-13-20)16-18-6-4-3-5-7-18/h3-4,6,8-12H,2,5,7,13-16H2,1H3. The van der Waals surface area contributed by atoms with E-state index in [2.05, 4.69) is 60.4 Å². The van der Waals surface area contributed by atoms with Crippen LogP contribution in [0.15, 0.2) is 54.1 Å². The molecule has 3 rings (SSSR count). The van der Waals surface area contributed by atoms with Gasteiger partial charge in [0.1, 0.15) is 0 Å². The molecule has 0 saturated heterocycles. The molecule has 0 fully saturated rings. The lowest BCUT2D eigenvalue weighted by molar-refractivity contribution is 0.324. The van der Waals surface area contributed by atoms with Crippen LogP contribution in [0.2, 0.25) is 0 Å². The van der Waals surface area contributed by atoms with E-state index in [-0.39, 0.29) is 0 Å². The minimum absolute atomic E-state index is 1.09. The summed E-state index contributed by atoms with van der Waals surface area (Å²) in [5, 5.41) is 0. The van der Waals surface area contributed by atoms with Crippen LogP contribution in [0.4, 0.5) is 0 Å². The first-order valence-electron chi connectivity index (χ1n) is 8.20. The summed E-state index contributed by atoms with van der Waals surface area (Å²) in [7, 11) is 0. The van der Waals surface area contributed by atoms with Gasteiger partial charge in [0.05, 0.1) is 0 Å². The highest BCUT2D eigenvalue weighted by Gasteiger charge is 2.14. The molecule has 1 heteroatoms. The SMILES string of the molecule is CCc1ccc(C2=CCN(CC3=CC=CCC3)CC2)cc1. The van der Waals surface area contributed by atoms with Gasteiger partial charge in [-0.2, -0.15) is 0 Å². The van der Waals surface area contributed by atoms with Gasteiger partial charge in [0.2, 0.25) is 0 Å². The zero-order valence-electron chi connectivity index (χ0n) is 13.0. The van der Waals surface area contributed by atoms with E-state index in [1.54, 1.807) is 5.57 Å². The van der Waals surface area contributed by atoms with E-state index in [0.717, 1.165) is 19.5 Å². The average Bonchev–Trinajstić information content (AvgIpc) is 2.57. The highest BCUT2D eigenvalue weighted by Crippen LogP contribution is 2.24. The minimum Gasteiger partial charge on any atom is -0.295 e.